The summed E-state index contributed by atoms with van der Waals surface area (Å²) in [5.74, 6) is 0.615. The summed E-state index contributed by atoms with van der Waals surface area (Å²) in [6, 6.07) is 39.5. The SMILES string of the molecule is [2H]c1c([2H])c([2H])c2c(-c3cc4oc(-c5ccc6ccccc6c5)c(-c5ccccc5)c4c4c3oc3ccccc34)c3c([2H])c([2H])c([2H])c([2H])c3c(-c3ccccc3)c2c1[2H]. The Morgan fingerprint density at radius 2 is 0.962 bits per heavy atom. The van der Waals surface area contributed by atoms with Crippen molar-refractivity contribution >= 4 is 65.2 Å². The third-order valence-corrected chi connectivity index (χ3v) is 10.1. The van der Waals surface area contributed by atoms with Gasteiger partial charge in [0.15, 0.2) is 0 Å². The number of hydrogen-bond acceptors (Lipinski definition) is 2. The molecule has 9 aromatic carbocycles. The monoisotopic (exact) mass is 670 g/mol. The van der Waals surface area contributed by atoms with E-state index in [1.807, 2.05) is 78.9 Å². The lowest BCUT2D eigenvalue weighted by Crippen LogP contribution is -1.91. The van der Waals surface area contributed by atoms with Crippen LogP contribution in [-0.4, -0.2) is 0 Å². The standard InChI is InChI=1S/C50H30O2/c1-3-16-32(17-4-1)44-36-21-9-11-23-38(36)46(39-24-12-10-22-37(39)44)41-30-43-48(47-40-25-13-14-26-42(40)51-50(41)47)45(33-18-5-2-6-19-33)49(52-43)35-28-27-31-15-7-8-20-34(31)29-35/h1-30H/i9D,10D,11D,12D,21D,22D,23D,24D. The molecule has 2 nitrogen and oxygen atoms in total. The van der Waals surface area contributed by atoms with E-state index in [-0.39, 0.29) is 56.8 Å². The van der Waals surface area contributed by atoms with Crippen molar-refractivity contribution in [1.29, 1.82) is 0 Å². The zero-order valence-electron chi connectivity index (χ0n) is 35.5. The summed E-state index contributed by atoms with van der Waals surface area (Å²) in [6.07, 6.45) is 0. The third kappa shape index (κ3) is 4.25. The molecule has 0 N–H and O–H groups in total. The number of furan rings is 2. The van der Waals surface area contributed by atoms with Crippen molar-refractivity contribution in [2.45, 2.75) is 0 Å². The molecule has 0 atom stereocenters. The van der Waals surface area contributed by atoms with Gasteiger partial charge >= 0.3 is 0 Å². The van der Waals surface area contributed by atoms with Gasteiger partial charge in [-0.05, 0) is 67.2 Å². The van der Waals surface area contributed by atoms with Crippen LogP contribution < -0.4 is 0 Å². The molecule has 0 unspecified atom stereocenters. The van der Waals surface area contributed by atoms with E-state index < -0.39 is 24.2 Å². The second-order valence-electron chi connectivity index (χ2n) is 12.9. The minimum Gasteiger partial charge on any atom is -0.455 e. The lowest BCUT2D eigenvalue weighted by molar-refractivity contribution is 0.632. The molecule has 0 aliphatic carbocycles. The van der Waals surface area contributed by atoms with E-state index in [2.05, 4.69) is 24.3 Å². The molecule has 2 heterocycles. The molecule has 11 aromatic rings. The van der Waals surface area contributed by atoms with Crippen LogP contribution >= 0.6 is 0 Å². The molecule has 11 rings (SSSR count). The molecule has 242 valence electrons. The van der Waals surface area contributed by atoms with Gasteiger partial charge in [-0.25, -0.2) is 0 Å². The number of benzene rings is 9. The fourth-order valence-corrected chi connectivity index (χ4v) is 7.87. The summed E-state index contributed by atoms with van der Waals surface area (Å²) in [5, 5.41) is 4.82. The summed E-state index contributed by atoms with van der Waals surface area (Å²) in [7, 11) is 0. The molecular weight excluding hydrogens is 633 g/mol. The highest BCUT2D eigenvalue weighted by Gasteiger charge is 2.27. The maximum Gasteiger partial charge on any atom is 0.144 e. The van der Waals surface area contributed by atoms with Crippen molar-refractivity contribution in [3.05, 3.63) is 182 Å². The Hall–Kier alpha value is -6.90. The zero-order valence-corrected chi connectivity index (χ0v) is 27.5. The molecule has 0 spiro atoms. The fraction of sp³-hybridized carbons (Fsp3) is 0. The van der Waals surface area contributed by atoms with Gasteiger partial charge in [-0.3, -0.25) is 0 Å². The number of hydrogen-bond donors (Lipinski definition) is 0. The van der Waals surface area contributed by atoms with Gasteiger partial charge < -0.3 is 8.83 Å². The first-order valence-corrected chi connectivity index (χ1v) is 17.1. The van der Waals surface area contributed by atoms with E-state index in [4.69, 9.17) is 14.3 Å². The molecule has 0 aliphatic rings. The van der Waals surface area contributed by atoms with Gasteiger partial charge in [0.1, 0.15) is 22.5 Å². The molecule has 0 saturated carbocycles. The van der Waals surface area contributed by atoms with Crippen molar-refractivity contribution in [3.63, 3.8) is 0 Å². The van der Waals surface area contributed by atoms with Gasteiger partial charge in [0.05, 0.1) is 11.0 Å². The van der Waals surface area contributed by atoms with Gasteiger partial charge in [-0.1, -0.05) is 164 Å². The van der Waals surface area contributed by atoms with E-state index in [0.29, 0.717) is 39.0 Å². The van der Waals surface area contributed by atoms with Gasteiger partial charge in [-0.2, -0.15) is 0 Å². The minimum absolute atomic E-state index is 0.100. The summed E-state index contributed by atoms with van der Waals surface area (Å²) in [6.45, 7) is 0. The maximum atomic E-state index is 9.54. The Morgan fingerprint density at radius 3 is 1.65 bits per heavy atom. The Morgan fingerprint density at radius 1 is 0.385 bits per heavy atom. The van der Waals surface area contributed by atoms with Crippen LogP contribution in [0, 0.1) is 0 Å². The van der Waals surface area contributed by atoms with Gasteiger partial charge in [0, 0.05) is 38.4 Å². The van der Waals surface area contributed by atoms with Gasteiger partial charge in [-0.15, -0.1) is 0 Å². The van der Waals surface area contributed by atoms with Crippen molar-refractivity contribution in [1.82, 2.24) is 0 Å². The van der Waals surface area contributed by atoms with Crippen LogP contribution in [0.3, 0.4) is 0 Å². The highest BCUT2D eigenvalue weighted by Crippen LogP contribution is 2.52. The summed E-state index contributed by atoms with van der Waals surface area (Å²) < 4.78 is 87.4. The molecule has 2 aromatic heterocycles. The van der Waals surface area contributed by atoms with Crippen molar-refractivity contribution < 1.29 is 19.8 Å². The Labute approximate surface area is 311 Å². The zero-order chi connectivity index (χ0) is 41.1. The van der Waals surface area contributed by atoms with Crippen LogP contribution in [0.5, 0.6) is 0 Å². The minimum atomic E-state index is -0.474. The predicted octanol–water partition coefficient (Wildman–Crippen LogP) is 14.5. The Kier molecular flexibility index (Phi) is 4.79. The van der Waals surface area contributed by atoms with Crippen LogP contribution in [0.4, 0.5) is 0 Å². The Balaban J connectivity index is 1.41. The van der Waals surface area contributed by atoms with E-state index in [0.717, 1.165) is 38.2 Å². The van der Waals surface area contributed by atoms with E-state index >= 15 is 0 Å². The predicted molar refractivity (Wildman–Crippen MR) is 218 cm³/mol. The van der Waals surface area contributed by atoms with E-state index in [1.54, 1.807) is 30.3 Å². The number of rotatable bonds is 4. The average Bonchev–Trinajstić information content (AvgIpc) is 3.87. The smallest absolute Gasteiger partial charge is 0.144 e. The first-order chi connectivity index (χ1) is 29.1. The molecule has 0 amide bonds. The third-order valence-electron chi connectivity index (χ3n) is 10.1. The summed E-state index contributed by atoms with van der Waals surface area (Å²) in [4.78, 5) is 0. The number of para-hydroxylation sites is 1. The Bertz CT molecular complexity index is 3550. The second-order valence-corrected chi connectivity index (χ2v) is 12.9. The topological polar surface area (TPSA) is 26.3 Å². The van der Waals surface area contributed by atoms with E-state index in [1.165, 1.54) is 0 Å². The van der Waals surface area contributed by atoms with Crippen molar-refractivity contribution in [2.24, 2.45) is 0 Å². The van der Waals surface area contributed by atoms with Crippen LogP contribution in [0.1, 0.15) is 11.0 Å². The first kappa shape index (κ1) is 22.0. The molecule has 52 heavy (non-hydrogen) atoms. The van der Waals surface area contributed by atoms with Crippen molar-refractivity contribution in [3.8, 4) is 44.7 Å². The largest absolute Gasteiger partial charge is 0.455 e. The highest BCUT2D eigenvalue weighted by atomic mass is 16.3. The summed E-state index contributed by atoms with van der Waals surface area (Å²) >= 11 is 0. The summed E-state index contributed by atoms with van der Waals surface area (Å²) in [5.41, 5.74) is 5.36. The highest BCUT2D eigenvalue weighted by molar-refractivity contribution is 6.30. The first-order valence-electron chi connectivity index (χ1n) is 21.1. The molecule has 0 aliphatic heterocycles. The lowest BCUT2D eigenvalue weighted by atomic mass is 9.85. The molecule has 0 bridgehead atoms. The van der Waals surface area contributed by atoms with Crippen LogP contribution in [0.25, 0.3) is 110 Å². The quantitative estimate of drug-likeness (QED) is 0.174. The maximum absolute atomic E-state index is 9.54. The van der Waals surface area contributed by atoms with Gasteiger partial charge in [0.25, 0.3) is 0 Å². The fourth-order valence-electron chi connectivity index (χ4n) is 7.87. The average molecular weight is 671 g/mol. The lowest BCUT2D eigenvalue weighted by Gasteiger charge is -2.18. The number of fused-ring (bicyclic) bond motifs is 8. The molecular formula is C50H30O2. The molecule has 2 heteroatoms. The van der Waals surface area contributed by atoms with E-state index in [9.17, 15) is 5.48 Å². The molecule has 0 fully saturated rings. The molecule has 0 radical (unpaired) electrons. The van der Waals surface area contributed by atoms with Gasteiger partial charge in [0.2, 0.25) is 0 Å². The van der Waals surface area contributed by atoms with Crippen LogP contribution in [0.2, 0.25) is 0 Å². The van der Waals surface area contributed by atoms with Crippen molar-refractivity contribution in [2.75, 3.05) is 0 Å². The second kappa shape index (κ2) is 11.3. The van der Waals surface area contributed by atoms with Crippen LogP contribution in [-0.2, 0) is 0 Å². The molecule has 0 saturated heterocycles. The van der Waals surface area contributed by atoms with Crippen LogP contribution in [0.15, 0.2) is 191 Å². The normalized spacial score (nSPS) is 14.0.